The zero-order valence-electron chi connectivity index (χ0n) is 11.1. The van der Waals surface area contributed by atoms with E-state index in [0.717, 1.165) is 19.5 Å². The monoisotopic (exact) mass is 232 g/mol. The zero-order chi connectivity index (χ0) is 12.3. The fraction of sp³-hybridized carbons (Fsp3) is 0.600. The minimum atomic E-state index is -0.0498. The lowest BCUT2D eigenvalue weighted by molar-refractivity contribution is 0.244. The van der Waals surface area contributed by atoms with Gasteiger partial charge in [-0.1, -0.05) is 24.3 Å². The molecule has 2 rings (SSSR count). The smallest absolute Gasteiger partial charge is 0.0236 e. The summed E-state index contributed by atoms with van der Waals surface area (Å²) < 4.78 is 0. The summed E-state index contributed by atoms with van der Waals surface area (Å²) >= 11 is 0. The SMILES string of the molecule is CC(C)(N)CCN1CCCc2ccccc2C1. The summed E-state index contributed by atoms with van der Waals surface area (Å²) in [6, 6.07) is 8.83. The van der Waals surface area contributed by atoms with Crippen LogP contribution in [0.2, 0.25) is 0 Å². The number of hydrogen-bond donors (Lipinski definition) is 1. The van der Waals surface area contributed by atoms with Crippen molar-refractivity contribution in [1.29, 1.82) is 0 Å². The van der Waals surface area contributed by atoms with Crippen LogP contribution < -0.4 is 5.73 Å². The molecule has 1 aliphatic heterocycles. The van der Waals surface area contributed by atoms with Gasteiger partial charge in [-0.15, -0.1) is 0 Å². The Morgan fingerprint density at radius 2 is 1.94 bits per heavy atom. The van der Waals surface area contributed by atoms with E-state index < -0.39 is 0 Å². The molecule has 2 N–H and O–H groups in total. The summed E-state index contributed by atoms with van der Waals surface area (Å²) in [6.07, 6.45) is 3.55. The molecule has 0 unspecified atom stereocenters. The number of nitrogens with two attached hydrogens (primary N) is 1. The molecule has 0 bridgehead atoms. The molecule has 0 amide bonds. The first kappa shape index (κ1) is 12.6. The highest BCUT2D eigenvalue weighted by atomic mass is 15.1. The van der Waals surface area contributed by atoms with Crippen molar-refractivity contribution in [1.82, 2.24) is 4.90 Å². The van der Waals surface area contributed by atoms with Gasteiger partial charge in [0.2, 0.25) is 0 Å². The highest BCUT2D eigenvalue weighted by Crippen LogP contribution is 2.19. The van der Waals surface area contributed by atoms with Gasteiger partial charge in [-0.05, 0) is 50.8 Å². The van der Waals surface area contributed by atoms with Gasteiger partial charge in [0.25, 0.3) is 0 Å². The summed E-state index contributed by atoms with van der Waals surface area (Å²) in [5.41, 5.74) is 9.04. The second-order valence-electron chi connectivity index (χ2n) is 5.89. The van der Waals surface area contributed by atoms with Crippen LogP contribution in [0, 0.1) is 0 Å². The molecule has 1 aliphatic rings. The zero-order valence-corrected chi connectivity index (χ0v) is 11.1. The van der Waals surface area contributed by atoms with Crippen LogP contribution >= 0.6 is 0 Å². The predicted molar refractivity (Wildman–Crippen MR) is 72.9 cm³/mol. The standard InChI is InChI=1S/C15H24N2/c1-15(2,16)9-11-17-10-5-8-13-6-3-4-7-14(13)12-17/h3-4,6-7H,5,8-12,16H2,1-2H3. The van der Waals surface area contributed by atoms with Crippen LogP contribution in [0.4, 0.5) is 0 Å². The minimum absolute atomic E-state index is 0.0498. The van der Waals surface area contributed by atoms with Gasteiger partial charge in [0.05, 0.1) is 0 Å². The van der Waals surface area contributed by atoms with Gasteiger partial charge < -0.3 is 5.73 Å². The predicted octanol–water partition coefficient (Wildman–Crippen LogP) is 2.56. The fourth-order valence-corrected chi connectivity index (χ4v) is 2.41. The summed E-state index contributed by atoms with van der Waals surface area (Å²) in [4.78, 5) is 2.54. The first-order valence-electron chi connectivity index (χ1n) is 6.63. The average Bonchev–Trinajstić information content (AvgIpc) is 2.47. The third-order valence-electron chi connectivity index (χ3n) is 3.51. The fourth-order valence-electron chi connectivity index (χ4n) is 2.41. The molecule has 2 nitrogen and oxygen atoms in total. The second-order valence-corrected chi connectivity index (χ2v) is 5.89. The van der Waals surface area contributed by atoms with E-state index in [1.54, 1.807) is 0 Å². The molecule has 0 aromatic heterocycles. The molecule has 1 heterocycles. The van der Waals surface area contributed by atoms with Gasteiger partial charge in [0, 0.05) is 18.6 Å². The van der Waals surface area contributed by atoms with Crippen molar-refractivity contribution in [2.24, 2.45) is 5.73 Å². The number of rotatable bonds is 3. The van der Waals surface area contributed by atoms with Gasteiger partial charge in [-0.3, -0.25) is 4.90 Å². The van der Waals surface area contributed by atoms with Crippen LogP contribution in [0.15, 0.2) is 24.3 Å². The lowest BCUT2D eigenvalue weighted by atomic mass is 10.0. The van der Waals surface area contributed by atoms with Crippen LogP contribution in [0.3, 0.4) is 0 Å². The number of benzene rings is 1. The molecular formula is C15H24N2. The molecule has 2 heteroatoms. The van der Waals surface area contributed by atoms with Crippen molar-refractivity contribution in [2.45, 2.75) is 45.2 Å². The summed E-state index contributed by atoms with van der Waals surface area (Å²) in [5, 5.41) is 0. The molecule has 0 radical (unpaired) electrons. The molecule has 0 saturated carbocycles. The van der Waals surface area contributed by atoms with Crippen LogP contribution in [0.5, 0.6) is 0 Å². The lowest BCUT2D eigenvalue weighted by Gasteiger charge is -2.25. The van der Waals surface area contributed by atoms with Crippen LogP contribution in [-0.4, -0.2) is 23.5 Å². The minimum Gasteiger partial charge on any atom is -0.326 e. The Morgan fingerprint density at radius 3 is 2.65 bits per heavy atom. The topological polar surface area (TPSA) is 29.3 Å². The summed E-state index contributed by atoms with van der Waals surface area (Å²) in [5.74, 6) is 0. The molecule has 0 saturated heterocycles. The highest BCUT2D eigenvalue weighted by molar-refractivity contribution is 5.27. The van der Waals surface area contributed by atoms with E-state index in [-0.39, 0.29) is 5.54 Å². The van der Waals surface area contributed by atoms with E-state index in [1.165, 1.54) is 30.5 Å². The first-order valence-corrected chi connectivity index (χ1v) is 6.63. The normalized spacial score (nSPS) is 17.6. The van der Waals surface area contributed by atoms with Crippen molar-refractivity contribution >= 4 is 0 Å². The van der Waals surface area contributed by atoms with Crippen molar-refractivity contribution in [3.05, 3.63) is 35.4 Å². The van der Waals surface area contributed by atoms with Gasteiger partial charge in [-0.2, -0.15) is 0 Å². The lowest BCUT2D eigenvalue weighted by Crippen LogP contribution is -2.37. The van der Waals surface area contributed by atoms with E-state index in [4.69, 9.17) is 5.73 Å². The molecule has 1 aromatic carbocycles. The summed E-state index contributed by atoms with van der Waals surface area (Å²) in [6.45, 7) is 7.62. The Kier molecular flexibility index (Phi) is 3.85. The van der Waals surface area contributed by atoms with E-state index >= 15 is 0 Å². The number of hydrogen-bond acceptors (Lipinski definition) is 2. The van der Waals surface area contributed by atoms with Crippen molar-refractivity contribution < 1.29 is 0 Å². The third-order valence-corrected chi connectivity index (χ3v) is 3.51. The largest absolute Gasteiger partial charge is 0.326 e. The highest BCUT2D eigenvalue weighted by Gasteiger charge is 2.17. The maximum Gasteiger partial charge on any atom is 0.0236 e. The molecular weight excluding hydrogens is 208 g/mol. The second kappa shape index (κ2) is 5.19. The Balaban J connectivity index is 1.98. The van der Waals surface area contributed by atoms with Gasteiger partial charge in [0.1, 0.15) is 0 Å². The molecule has 17 heavy (non-hydrogen) atoms. The molecule has 0 fully saturated rings. The quantitative estimate of drug-likeness (QED) is 0.868. The molecule has 0 atom stereocenters. The number of fused-ring (bicyclic) bond motifs is 1. The van der Waals surface area contributed by atoms with Gasteiger partial charge in [-0.25, -0.2) is 0 Å². The van der Waals surface area contributed by atoms with Crippen LogP contribution in [0.1, 0.15) is 37.8 Å². The van der Waals surface area contributed by atoms with E-state index in [0.29, 0.717) is 0 Å². The van der Waals surface area contributed by atoms with E-state index in [2.05, 4.69) is 43.0 Å². The summed E-state index contributed by atoms with van der Waals surface area (Å²) in [7, 11) is 0. The third kappa shape index (κ3) is 3.83. The maximum atomic E-state index is 6.06. The van der Waals surface area contributed by atoms with Crippen molar-refractivity contribution in [2.75, 3.05) is 13.1 Å². The maximum absolute atomic E-state index is 6.06. The van der Waals surface area contributed by atoms with E-state index in [9.17, 15) is 0 Å². The molecule has 1 aromatic rings. The van der Waals surface area contributed by atoms with Crippen molar-refractivity contribution in [3.63, 3.8) is 0 Å². The molecule has 0 spiro atoms. The first-order chi connectivity index (χ1) is 8.04. The van der Waals surface area contributed by atoms with Crippen molar-refractivity contribution in [3.8, 4) is 0 Å². The van der Waals surface area contributed by atoms with Gasteiger partial charge >= 0.3 is 0 Å². The Morgan fingerprint density at radius 1 is 1.24 bits per heavy atom. The van der Waals surface area contributed by atoms with Crippen LogP contribution in [-0.2, 0) is 13.0 Å². The Hall–Kier alpha value is -0.860. The number of aryl methyl sites for hydroxylation is 1. The average molecular weight is 232 g/mol. The molecule has 0 aliphatic carbocycles. The molecule has 94 valence electrons. The van der Waals surface area contributed by atoms with E-state index in [1.807, 2.05) is 0 Å². The van der Waals surface area contributed by atoms with Gasteiger partial charge in [0.15, 0.2) is 0 Å². The Labute approximate surface area is 105 Å². The van der Waals surface area contributed by atoms with Crippen LogP contribution in [0.25, 0.3) is 0 Å². The number of nitrogens with zero attached hydrogens (tertiary/aromatic N) is 1. The Bertz CT molecular complexity index is 365.